The van der Waals surface area contributed by atoms with E-state index in [0.29, 0.717) is 31.0 Å². The van der Waals surface area contributed by atoms with E-state index in [4.69, 9.17) is 4.74 Å². The molecule has 2 atom stereocenters. The van der Waals surface area contributed by atoms with Crippen LogP contribution in [0.1, 0.15) is 38.9 Å². The van der Waals surface area contributed by atoms with Gasteiger partial charge >= 0.3 is 0 Å². The smallest absolute Gasteiger partial charge is 0.158 e. The second-order valence-electron chi connectivity index (χ2n) is 5.35. The summed E-state index contributed by atoms with van der Waals surface area (Å²) in [5.74, 6) is 2.61. The minimum atomic E-state index is 0.231. The van der Waals surface area contributed by atoms with Crippen molar-refractivity contribution in [2.24, 2.45) is 5.92 Å². The van der Waals surface area contributed by atoms with E-state index in [1.54, 1.807) is 0 Å². The highest BCUT2D eigenvalue weighted by molar-refractivity contribution is 5.48. The molecule has 2 unspecified atom stereocenters. The standard InChI is InChI=1S/C15H26N4O2/c1-3-16-13-8-14(19-15(18-13)10-21-4-2)17-12-7-5-6-11(12)9-20/h8,11-12,20H,3-7,9-10H2,1-2H3,(H2,16,17,18,19). The van der Waals surface area contributed by atoms with E-state index in [0.717, 1.165) is 37.4 Å². The largest absolute Gasteiger partial charge is 0.396 e. The average Bonchev–Trinajstić information content (AvgIpc) is 2.92. The maximum absolute atomic E-state index is 9.42. The number of hydrogen-bond donors (Lipinski definition) is 3. The first kappa shape index (κ1) is 16.0. The van der Waals surface area contributed by atoms with Crippen LogP contribution in [0.2, 0.25) is 0 Å². The van der Waals surface area contributed by atoms with Gasteiger partial charge in [-0.3, -0.25) is 0 Å². The van der Waals surface area contributed by atoms with Crippen LogP contribution in [0.4, 0.5) is 11.6 Å². The molecule has 3 N–H and O–H groups in total. The van der Waals surface area contributed by atoms with Gasteiger partial charge in [0.1, 0.15) is 18.2 Å². The minimum Gasteiger partial charge on any atom is -0.396 e. The van der Waals surface area contributed by atoms with E-state index in [-0.39, 0.29) is 6.61 Å². The maximum atomic E-state index is 9.42. The summed E-state index contributed by atoms with van der Waals surface area (Å²) in [6.45, 7) is 6.10. The molecule has 1 aliphatic rings. The molecular formula is C15H26N4O2. The Kier molecular flexibility index (Phi) is 6.20. The van der Waals surface area contributed by atoms with Crippen LogP contribution >= 0.6 is 0 Å². The van der Waals surface area contributed by atoms with E-state index in [1.165, 1.54) is 0 Å². The van der Waals surface area contributed by atoms with Crippen LogP contribution < -0.4 is 10.6 Å². The number of anilines is 2. The molecule has 118 valence electrons. The molecule has 0 amide bonds. The lowest BCUT2D eigenvalue weighted by Crippen LogP contribution is -2.27. The number of nitrogens with zero attached hydrogens (tertiary/aromatic N) is 2. The molecule has 1 fully saturated rings. The van der Waals surface area contributed by atoms with Gasteiger partial charge in [-0.2, -0.15) is 0 Å². The number of hydrogen-bond acceptors (Lipinski definition) is 6. The molecule has 0 aromatic carbocycles. The van der Waals surface area contributed by atoms with Crippen molar-refractivity contribution < 1.29 is 9.84 Å². The molecule has 0 saturated heterocycles. The Hall–Kier alpha value is -1.40. The first-order chi connectivity index (χ1) is 10.3. The lowest BCUT2D eigenvalue weighted by molar-refractivity contribution is 0.128. The van der Waals surface area contributed by atoms with Crippen LogP contribution in [-0.4, -0.2) is 40.9 Å². The summed E-state index contributed by atoms with van der Waals surface area (Å²) in [5.41, 5.74) is 0. The van der Waals surface area contributed by atoms with Crippen LogP contribution in [0.25, 0.3) is 0 Å². The van der Waals surface area contributed by atoms with E-state index in [2.05, 4.69) is 20.6 Å². The van der Waals surface area contributed by atoms with Gasteiger partial charge in [0.25, 0.3) is 0 Å². The Labute approximate surface area is 126 Å². The van der Waals surface area contributed by atoms with Gasteiger partial charge in [0.15, 0.2) is 5.82 Å². The summed E-state index contributed by atoms with van der Waals surface area (Å²) in [7, 11) is 0. The summed E-state index contributed by atoms with van der Waals surface area (Å²) in [5, 5.41) is 16.1. The molecule has 1 heterocycles. The van der Waals surface area contributed by atoms with E-state index < -0.39 is 0 Å². The second kappa shape index (κ2) is 8.14. The number of aliphatic hydroxyl groups is 1. The van der Waals surface area contributed by atoms with Crippen LogP contribution in [0.3, 0.4) is 0 Å². The summed E-state index contributed by atoms with van der Waals surface area (Å²) < 4.78 is 5.40. The lowest BCUT2D eigenvalue weighted by Gasteiger charge is -2.20. The molecule has 0 bridgehead atoms. The number of aromatic nitrogens is 2. The molecule has 1 aliphatic carbocycles. The summed E-state index contributed by atoms with van der Waals surface area (Å²) in [6.07, 6.45) is 3.30. The fourth-order valence-electron chi connectivity index (χ4n) is 2.74. The lowest BCUT2D eigenvalue weighted by atomic mass is 10.1. The maximum Gasteiger partial charge on any atom is 0.158 e. The molecule has 1 saturated carbocycles. The number of rotatable bonds is 8. The Morgan fingerprint density at radius 3 is 2.81 bits per heavy atom. The van der Waals surface area contributed by atoms with Crippen molar-refractivity contribution >= 4 is 11.6 Å². The first-order valence-electron chi connectivity index (χ1n) is 7.83. The van der Waals surface area contributed by atoms with Crippen molar-refractivity contribution in [1.82, 2.24) is 9.97 Å². The summed E-state index contributed by atoms with van der Waals surface area (Å²) in [4.78, 5) is 8.95. The highest BCUT2D eigenvalue weighted by Crippen LogP contribution is 2.28. The molecule has 1 aromatic heterocycles. The van der Waals surface area contributed by atoms with Gasteiger partial charge in [-0.1, -0.05) is 6.42 Å². The fraction of sp³-hybridized carbons (Fsp3) is 0.733. The van der Waals surface area contributed by atoms with E-state index >= 15 is 0 Å². The number of nitrogens with one attached hydrogen (secondary N) is 2. The SMILES string of the molecule is CCNc1cc(NC2CCCC2CO)nc(COCC)n1. The summed E-state index contributed by atoms with van der Waals surface area (Å²) in [6, 6.07) is 2.21. The Morgan fingerprint density at radius 2 is 2.10 bits per heavy atom. The summed E-state index contributed by atoms with van der Waals surface area (Å²) >= 11 is 0. The zero-order valence-corrected chi connectivity index (χ0v) is 12.9. The topological polar surface area (TPSA) is 79.3 Å². The quantitative estimate of drug-likeness (QED) is 0.681. The van der Waals surface area contributed by atoms with E-state index in [9.17, 15) is 5.11 Å². The van der Waals surface area contributed by atoms with Gasteiger partial charge < -0.3 is 20.5 Å². The van der Waals surface area contributed by atoms with Crippen molar-refractivity contribution in [3.63, 3.8) is 0 Å². The highest BCUT2D eigenvalue weighted by Gasteiger charge is 2.26. The van der Waals surface area contributed by atoms with Crippen molar-refractivity contribution in [2.75, 3.05) is 30.4 Å². The zero-order valence-electron chi connectivity index (χ0n) is 12.9. The van der Waals surface area contributed by atoms with Gasteiger partial charge in [-0.05, 0) is 26.7 Å². The Morgan fingerprint density at radius 1 is 1.29 bits per heavy atom. The number of ether oxygens (including phenoxy) is 1. The average molecular weight is 294 g/mol. The Balaban J connectivity index is 2.10. The molecule has 0 spiro atoms. The van der Waals surface area contributed by atoms with E-state index in [1.807, 2.05) is 19.9 Å². The van der Waals surface area contributed by atoms with Crippen molar-refractivity contribution in [3.05, 3.63) is 11.9 Å². The normalized spacial score (nSPS) is 21.5. The van der Waals surface area contributed by atoms with Gasteiger partial charge in [-0.15, -0.1) is 0 Å². The first-order valence-corrected chi connectivity index (χ1v) is 7.83. The molecular weight excluding hydrogens is 268 g/mol. The van der Waals surface area contributed by atoms with Gasteiger partial charge in [-0.25, -0.2) is 9.97 Å². The van der Waals surface area contributed by atoms with Gasteiger partial charge in [0.2, 0.25) is 0 Å². The molecule has 0 radical (unpaired) electrons. The third-order valence-electron chi connectivity index (χ3n) is 3.79. The monoisotopic (exact) mass is 294 g/mol. The van der Waals surface area contributed by atoms with Crippen LogP contribution in [0.15, 0.2) is 6.07 Å². The van der Waals surface area contributed by atoms with Crippen LogP contribution in [-0.2, 0) is 11.3 Å². The number of aliphatic hydroxyl groups excluding tert-OH is 1. The zero-order chi connectivity index (χ0) is 15.1. The van der Waals surface area contributed by atoms with Crippen LogP contribution in [0.5, 0.6) is 0 Å². The van der Waals surface area contributed by atoms with Crippen molar-refractivity contribution in [2.45, 2.75) is 45.8 Å². The third-order valence-corrected chi connectivity index (χ3v) is 3.79. The molecule has 1 aromatic rings. The molecule has 6 heteroatoms. The molecule has 6 nitrogen and oxygen atoms in total. The molecule has 0 aliphatic heterocycles. The second-order valence-corrected chi connectivity index (χ2v) is 5.35. The van der Waals surface area contributed by atoms with Crippen molar-refractivity contribution in [3.8, 4) is 0 Å². The van der Waals surface area contributed by atoms with Crippen molar-refractivity contribution in [1.29, 1.82) is 0 Å². The molecule has 2 rings (SSSR count). The third kappa shape index (κ3) is 4.54. The Bertz CT molecular complexity index is 442. The van der Waals surface area contributed by atoms with Crippen LogP contribution in [0, 0.1) is 5.92 Å². The van der Waals surface area contributed by atoms with Gasteiger partial charge in [0.05, 0.1) is 0 Å². The minimum absolute atomic E-state index is 0.231. The predicted octanol–water partition coefficient (Wildman–Crippen LogP) is 2.02. The predicted molar refractivity (Wildman–Crippen MR) is 83.4 cm³/mol. The molecule has 21 heavy (non-hydrogen) atoms. The highest BCUT2D eigenvalue weighted by atomic mass is 16.5. The van der Waals surface area contributed by atoms with Gasteiger partial charge in [0, 0.05) is 37.8 Å². The fourth-order valence-corrected chi connectivity index (χ4v) is 2.74.